The van der Waals surface area contributed by atoms with E-state index in [0.717, 1.165) is 16.3 Å². The molecule has 1 amide bonds. The Morgan fingerprint density at radius 3 is 2.88 bits per heavy atom. The van der Waals surface area contributed by atoms with Crippen molar-refractivity contribution >= 4 is 22.6 Å². The summed E-state index contributed by atoms with van der Waals surface area (Å²) in [4.78, 5) is 26.4. The van der Waals surface area contributed by atoms with E-state index in [4.69, 9.17) is 4.74 Å². The van der Waals surface area contributed by atoms with Gasteiger partial charge in [-0.3, -0.25) is 9.59 Å². The molecule has 2 bridgehead atoms. The zero-order chi connectivity index (χ0) is 17.2. The predicted molar refractivity (Wildman–Crippen MR) is 90.7 cm³/mol. The molecule has 0 aromatic heterocycles. The lowest BCUT2D eigenvalue weighted by molar-refractivity contribution is -0.148. The van der Waals surface area contributed by atoms with E-state index in [9.17, 15) is 14.7 Å². The van der Waals surface area contributed by atoms with E-state index in [1.807, 2.05) is 48.5 Å². The predicted octanol–water partition coefficient (Wildman–Crippen LogP) is 2.21. The summed E-state index contributed by atoms with van der Waals surface area (Å²) in [6.07, 6.45) is 3.21. The maximum atomic E-state index is 13.0. The molecule has 1 N–H and O–H groups in total. The first-order chi connectivity index (χ1) is 12.1. The average molecular weight is 335 g/mol. The lowest BCUT2D eigenvalue weighted by atomic mass is 9.77. The second kappa shape index (κ2) is 4.92. The van der Waals surface area contributed by atoms with Gasteiger partial charge in [0.25, 0.3) is 0 Å². The number of hydrogen-bond acceptors (Lipinski definition) is 3. The van der Waals surface area contributed by atoms with Crippen molar-refractivity contribution in [2.24, 2.45) is 11.8 Å². The van der Waals surface area contributed by atoms with Crippen molar-refractivity contribution in [2.45, 2.75) is 18.2 Å². The van der Waals surface area contributed by atoms with Crippen LogP contribution < -0.4 is 0 Å². The van der Waals surface area contributed by atoms with Crippen molar-refractivity contribution in [3.8, 4) is 0 Å². The molecular weight excluding hydrogens is 318 g/mol. The molecule has 5 rings (SSSR count). The SMILES string of the molecule is O=C(O)[C@H]1[C@@H]2C=C[C@]3(CN(Cc4cccc5ccccc45)C(=O)[C@H]13)O2. The molecule has 2 aromatic carbocycles. The molecule has 2 saturated heterocycles. The van der Waals surface area contributed by atoms with E-state index in [2.05, 4.69) is 0 Å². The van der Waals surface area contributed by atoms with Crippen molar-refractivity contribution in [1.82, 2.24) is 4.90 Å². The van der Waals surface area contributed by atoms with Crippen molar-refractivity contribution in [2.75, 3.05) is 6.54 Å². The molecule has 0 aliphatic carbocycles. The number of ether oxygens (including phenoxy) is 1. The summed E-state index contributed by atoms with van der Waals surface area (Å²) in [6, 6.07) is 14.1. The Balaban J connectivity index is 1.50. The lowest BCUT2D eigenvalue weighted by Crippen LogP contribution is -2.39. The van der Waals surface area contributed by atoms with E-state index < -0.39 is 29.5 Å². The molecule has 2 fully saturated rings. The van der Waals surface area contributed by atoms with Crippen molar-refractivity contribution < 1.29 is 19.4 Å². The molecule has 0 unspecified atom stereocenters. The molecule has 3 aliphatic rings. The van der Waals surface area contributed by atoms with Crippen LogP contribution in [-0.4, -0.2) is 40.1 Å². The van der Waals surface area contributed by atoms with E-state index in [0.29, 0.717) is 13.1 Å². The molecule has 0 radical (unpaired) electrons. The van der Waals surface area contributed by atoms with Crippen LogP contribution in [-0.2, 0) is 20.9 Å². The molecule has 126 valence electrons. The first-order valence-corrected chi connectivity index (χ1v) is 8.44. The number of aliphatic carboxylic acids is 1. The molecule has 5 nitrogen and oxygen atoms in total. The highest BCUT2D eigenvalue weighted by Gasteiger charge is 2.66. The van der Waals surface area contributed by atoms with E-state index >= 15 is 0 Å². The summed E-state index contributed by atoms with van der Waals surface area (Å²) in [6.45, 7) is 0.878. The van der Waals surface area contributed by atoms with Gasteiger partial charge in [-0.05, 0) is 16.3 Å². The Morgan fingerprint density at radius 1 is 1.24 bits per heavy atom. The van der Waals surface area contributed by atoms with Gasteiger partial charge in [-0.15, -0.1) is 0 Å². The van der Waals surface area contributed by atoms with Crippen molar-refractivity contribution in [3.63, 3.8) is 0 Å². The number of likely N-dealkylation sites (tertiary alicyclic amines) is 1. The Kier molecular flexibility index (Phi) is 2.89. The molecule has 5 heteroatoms. The highest BCUT2D eigenvalue weighted by Crippen LogP contribution is 2.52. The van der Waals surface area contributed by atoms with E-state index in [1.54, 1.807) is 11.0 Å². The monoisotopic (exact) mass is 335 g/mol. The van der Waals surface area contributed by atoms with Crippen LogP contribution in [0.5, 0.6) is 0 Å². The zero-order valence-electron chi connectivity index (χ0n) is 13.5. The topological polar surface area (TPSA) is 66.8 Å². The summed E-state index contributed by atoms with van der Waals surface area (Å²) < 4.78 is 5.93. The summed E-state index contributed by atoms with van der Waals surface area (Å²) in [5.41, 5.74) is 0.295. The van der Waals surface area contributed by atoms with Crippen molar-refractivity contribution in [1.29, 1.82) is 0 Å². The van der Waals surface area contributed by atoms with Crippen LogP contribution in [0, 0.1) is 11.8 Å². The highest BCUT2D eigenvalue weighted by atomic mass is 16.5. The van der Waals surface area contributed by atoms with Gasteiger partial charge in [0.05, 0.1) is 18.6 Å². The van der Waals surface area contributed by atoms with Gasteiger partial charge in [0.15, 0.2) is 0 Å². The number of rotatable bonds is 3. The third-order valence-corrected chi connectivity index (χ3v) is 5.71. The van der Waals surface area contributed by atoms with E-state index in [-0.39, 0.29) is 5.91 Å². The second-order valence-corrected chi connectivity index (χ2v) is 7.07. The first kappa shape index (κ1) is 14.7. The van der Waals surface area contributed by atoms with Crippen LogP contribution in [0.25, 0.3) is 10.8 Å². The fraction of sp³-hybridized carbons (Fsp3) is 0.300. The largest absolute Gasteiger partial charge is 0.481 e. The number of hydrogen-bond donors (Lipinski definition) is 1. The van der Waals surface area contributed by atoms with Gasteiger partial charge in [0.1, 0.15) is 11.5 Å². The van der Waals surface area contributed by atoms with Crippen LogP contribution in [0.1, 0.15) is 5.56 Å². The molecular formula is C20H17NO4. The molecule has 3 aliphatic heterocycles. The van der Waals surface area contributed by atoms with Gasteiger partial charge in [-0.25, -0.2) is 0 Å². The number of carbonyl (C=O) groups is 2. The normalized spacial score (nSPS) is 32.6. The second-order valence-electron chi connectivity index (χ2n) is 7.07. The number of carboxylic acid groups (broad SMARTS) is 1. The fourth-order valence-electron chi connectivity index (χ4n) is 4.63. The molecule has 4 atom stereocenters. The van der Waals surface area contributed by atoms with Crippen LogP contribution in [0.4, 0.5) is 0 Å². The van der Waals surface area contributed by atoms with Gasteiger partial charge in [-0.1, -0.05) is 54.6 Å². The molecule has 0 saturated carbocycles. The van der Waals surface area contributed by atoms with Gasteiger partial charge in [0.2, 0.25) is 5.91 Å². The standard InChI is InChI=1S/C20H17NO4/c22-18-17-16(19(23)24)15-8-9-20(17,25-15)11-21(18)10-13-6-3-5-12-4-1-2-7-14(12)13/h1-9,15-17H,10-11H2,(H,23,24)/t15-,16-,17-,20+/m0/s1. The van der Waals surface area contributed by atoms with Crippen LogP contribution in [0.3, 0.4) is 0 Å². The number of amides is 1. The number of carboxylic acids is 1. The summed E-state index contributed by atoms with van der Waals surface area (Å²) in [5, 5.41) is 11.8. The third kappa shape index (κ3) is 1.93. The van der Waals surface area contributed by atoms with Crippen LogP contribution in [0.2, 0.25) is 0 Å². The minimum Gasteiger partial charge on any atom is -0.481 e. The number of benzene rings is 2. The number of nitrogens with zero attached hydrogens (tertiary/aromatic N) is 1. The minimum absolute atomic E-state index is 0.118. The Labute approximate surface area is 144 Å². The maximum Gasteiger partial charge on any atom is 0.310 e. The number of carbonyl (C=O) groups excluding carboxylic acids is 1. The maximum absolute atomic E-state index is 13.0. The molecule has 25 heavy (non-hydrogen) atoms. The van der Waals surface area contributed by atoms with Gasteiger partial charge >= 0.3 is 5.97 Å². The smallest absolute Gasteiger partial charge is 0.310 e. The van der Waals surface area contributed by atoms with Gasteiger partial charge in [0, 0.05) is 6.54 Å². The summed E-state index contributed by atoms with van der Waals surface area (Å²) >= 11 is 0. The van der Waals surface area contributed by atoms with E-state index in [1.165, 1.54) is 0 Å². The van der Waals surface area contributed by atoms with Crippen LogP contribution >= 0.6 is 0 Å². The third-order valence-electron chi connectivity index (χ3n) is 5.71. The lowest BCUT2D eigenvalue weighted by Gasteiger charge is -2.22. The Hall–Kier alpha value is -2.66. The van der Waals surface area contributed by atoms with Crippen LogP contribution in [0.15, 0.2) is 54.6 Å². The minimum atomic E-state index is -0.957. The van der Waals surface area contributed by atoms with Crippen molar-refractivity contribution in [3.05, 3.63) is 60.2 Å². The number of fused-ring (bicyclic) bond motifs is 2. The molecule has 1 spiro atoms. The highest BCUT2D eigenvalue weighted by molar-refractivity contribution is 5.91. The van der Waals surface area contributed by atoms with Gasteiger partial charge < -0.3 is 14.7 Å². The Morgan fingerprint density at radius 2 is 2.04 bits per heavy atom. The Bertz CT molecular complexity index is 931. The summed E-state index contributed by atoms with van der Waals surface area (Å²) in [7, 11) is 0. The van der Waals surface area contributed by atoms with Gasteiger partial charge in [-0.2, -0.15) is 0 Å². The first-order valence-electron chi connectivity index (χ1n) is 8.44. The quantitative estimate of drug-likeness (QED) is 0.874. The average Bonchev–Trinajstić information content (AvgIpc) is 3.24. The fourth-order valence-corrected chi connectivity index (χ4v) is 4.63. The zero-order valence-corrected chi connectivity index (χ0v) is 13.5. The molecule has 2 aromatic rings. The summed E-state index contributed by atoms with van der Waals surface area (Å²) in [5.74, 6) is -2.47. The molecule has 3 heterocycles.